The Balaban J connectivity index is 2.02. The van der Waals surface area contributed by atoms with E-state index in [0.717, 1.165) is 5.69 Å². The number of aryl methyl sites for hydroxylation is 1. The molecular weight excluding hydrogens is 395 g/mol. The number of morpholine rings is 1. The minimum atomic E-state index is -3.91. The van der Waals surface area contributed by atoms with Crippen molar-refractivity contribution in [2.24, 2.45) is 0 Å². The van der Waals surface area contributed by atoms with E-state index in [4.69, 9.17) is 27.9 Å². The van der Waals surface area contributed by atoms with Gasteiger partial charge in [0.15, 0.2) is 0 Å². The van der Waals surface area contributed by atoms with Crippen LogP contribution in [0.4, 0.5) is 11.4 Å². The molecular formula is C18H20Cl2N2O3S. The molecule has 8 heteroatoms. The number of benzene rings is 2. The monoisotopic (exact) mass is 414 g/mol. The van der Waals surface area contributed by atoms with Crippen LogP contribution in [-0.4, -0.2) is 34.7 Å². The summed E-state index contributed by atoms with van der Waals surface area (Å²) >= 11 is 12.5. The van der Waals surface area contributed by atoms with Gasteiger partial charge in [0, 0.05) is 18.1 Å². The third kappa shape index (κ3) is 3.78. The van der Waals surface area contributed by atoms with Gasteiger partial charge >= 0.3 is 0 Å². The molecule has 1 saturated heterocycles. The molecule has 2 aromatic carbocycles. The van der Waals surface area contributed by atoms with Gasteiger partial charge in [0.25, 0.3) is 10.0 Å². The van der Waals surface area contributed by atoms with Crippen LogP contribution >= 0.6 is 23.2 Å². The molecule has 140 valence electrons. The van der Waals surface area contributed by atoms with E-state index in [-0.39, 0.29) is 9.92 Å². The van der Waals surface area contributed by atoms with Crippen molar-refractivity contribution >= 4 is 44.6 Å². The minimum absolute atomic E-state index is 0.0148. The molecule has 1 heterocycles. The summed E-state index contributed by atoms with van der Waals surface area (Å²) in [5.41, 5.74) is 2.36. The highest BCUT2D eigenvalue weighted by molar-refractivity contribution is 7.93. The topological polar surface area (TPSA) is 58.6 Å². The van der Waals surface area contributed by atoms with Crippen molar-refractivity contribution in [3.05, 3.63) is 51.5 Å². The van der Waals surface area contributed by atoms with Crippen molar-refractivity contribution in [1.29, 1.82) is 0 Å². The second-order valence-electron chi connectivity index (χ2n) is 6.17. The van der Waals surface area contributed by atoms with Crippen LogP contribution in [0, 0.1) is 13.8 Å². The Morgan fingerprint density at radius 3 is 2.46 bits per heavy atom. The van der Waals surface area contributed by atoms with Gasteiger partial charge in [-0.2, -0.15) is 0 Å². The maximum atomic E-state index is 13.1. The number of ether oxygens (including phenoxy) is 1. The first kappa shape index (κ1) is 19.3. The number of nitrogens with one attached hydrogen (secondary N) is 1. The predicted molar refractivity (Wildman–Crippen MR) is 106 cm³/mol. The first-order valence-electron chi connectivity index (χ1n) is 8.21. The van der Waals surface area contributed by atoms with Gasteiger partial charge in [-0.3, -0.25) is 4.72 Å². The number of halogens is 2. The maximum absolute atomic E-state index is 13.1. The lowest BCUT2D eigenvalue weighted by molar-refractivity contribution is 0.123. The summed E-state index contributed by atoms with van der Waals surface area (Å²) in [7, 11) is -3.91. The lowest BCUT2D eigenvalue weighted by Crippen LogP contribution is -2.36. The normalized spacial score (nSPS) is 15.2. The molecule has 0 saturated carbocycles. The van der Waals surface area contributed by atoms with E-state index in [9.17, 15) is 8.42 Å². The highest BCUT2D eigenvalue weighted by Gasteiger charge is 2.25. The Bertz CT molecular complexity index is 900. The Labute approximate surface area is 163 Å². The van der Waals surface area contributed by atoms with Gasteiger partial charge in [0.2, 0.25) is 0 Å². The van der Waals surface area contributed by atoms with Crippen molar-refractivity contribution in [3.63, 3.8) is 0 Å². The highest BCUT2D eigenvalue weighted by atomic mass is 35.5. The second-order valence-corrected chi connectivity index (χ2v) is 8.57. The van der Waals surface area contributed by atoms with E-state index in [1.54, 1.807) is 32.0 Å². The van der Waals surface area contributed by atoms with Gasteiger partial charge in [-0.05, 0) is 43.2 Å². The molecule has 0 aromatic heterocycles. The fourth-order valence-electron chi connectivity index (χ4n) is 2.97. The zero-order valence-corrected chi connectivity index (χ0v) is 16.9. The van der Waals surface area contributed by atoms with Gasteiger partial charge in [0.1, 0.15) is 4.90 Å². The lowest BCUT2D eigenvalue weighted by atomic mass is 10.2. The van der Waals surface area contributed by atoms with Gasteiger partial charge in [0.05, 0.1) is 29.6 Å². The van der Waals surface area contributed by atoms with Crippen molar-refractivity contribution in [2.45, 2.75) is 18.7 Å². The van der Waals surface area contributed by atoms with Crippen LogP contribution in [0.5, 0.6) is 0 Å². The SMILES string of the molecule is Cc1cc(Cl)c(C)c(S(=O)(=O)Nc2ccccc2N2CCOCC2)c1Cl. The highest BCUT2D eigenvalue weighted by Crippen LogP contribution is 2.36. The van der Waals surface area contributed by atoms with E-state index in [0.29, 0.717) is 48.1 Å². The van der Waals surface area contributed by atoms with Gasteiger partial charge in [-0.25, -0.2) is 8.42 Å². The molecule has 26 heavy (non-hydrogen) atoms. The van der Waals surface area contributed by atoms with Crippen LogP contribution in [0.15, 0.2) is 35.2 Å². The molecule has 5 nitrogen and oxygen atoms in total. The summed E-state index contributed by atoms with van der Waals surface area (Å²) < 4.78 is 34.2. The van der Waals surface area contributed by atoms with Crippen molar-refractivity contribution in [3.8, 4) is 0 Å². The van der Waals surface area contributed by atoms with E-state index in [2.05, 4.69) is 9.62 Å². The molecule has 0 radical (unpaired) electrons. The Kier molecular flexibility index (Phi) is 5.67. The zero-order chi connectivity index (χ0) is 18.9. The molecule has 0 spiro atoms. The average Bonchev–Trinajstić information content (AvgIpc) is 2.61. The smallest absolute Gasteiger partial charge is 0.263 e. The standard InChI is InChI=1S/C18H20Cl2N2O3S/c1-12-11-14(19)13(2)18(17(12)20)26(23,24)21-15-5-3-4-6-16(15)22-7-9-25-10-8-22/h3-6,11,21H,7-10H2,1-2H3. The van der Waals surface area contributed by atoms with E-state index >= 15 is 0 Å². The third-order valence-electron chi connectivity index (χ3n) is 4.36. The van der Waals surface area contributed by atoms with E-state index in [1.807, 2.05) is 12.1 Å². The number of rotatable bonds is 4. The van der Waals surface area contributed by atoms with E-state index < -0.39 is 10.0 Å². The summed E-state index contributed by atoms with van der Waals surface area (Å²) in [4.78, 5) is 2.11. The van der Waals surface area contributed by atoms with Crippen molar-refractivity contribution < 1.29 is 13.2 Å². The van der Waals surface area contributed by atoms with Crippen LogP contribution in [-0.2, 0) is 14.8 Å². The number of anilines is 2. The van der Waals surface area contributed by atoms with Gasteiger partial charge in [-0.15, -0.1) is 0 Å². The molecule has 0 amide bonds. The molecule has 0 aliphatic carbocycles. The summed E-state index contributed by atoms with van der Waals surface area (Å²) in [6, 6.07) is 8.97. The number of para-hydroxylation sites is 2. The molecule has 0 atom stereocenters. The Morgan fingerprint density at radius 1 is 1.12 bits per heavy atom. The van der Waals surface area contributed by atoms with Gasteiger partial charge < -0.3 is 9.64 Å². The average molecular weight is 415 g/mol. The number of nitrogens with zero attached hydrogens (tertiary/aromatic N) is 1. The summed E-state index contributed by atoms with van der Waals surface area (Å²) in [6.45, 7) is 6.01. The quantitative estimate of drug-likeness (QED) is 0.811. The molecule has 2 aromatic rings. The third-order valence-corrected chi connectivity index (χ3v) is 6.88. The molecule has 3 rings (SSSR count). The summed E-state index contributed by atoms with van der Waals surface area (Å²) in [5.74, 6) is 0. The lowest BCUT2D eigenvalue weighted by Gasteiger charge is -2.30. The first-order chi connectivity index (χ1) is 12.3. The van der Waals surface area contributed by atoms with Crippen LogP contribution < -0.4 is 9.62 Å². The number of sulfonamides is 1. The van der Waals surface area contributed by atoms with Crippen LogP contribution in [0.1, 0.15) is 11.1 Å². The number of hydrogen-bond acceptors (Lipinski definition) is 4. The molecule has 1 aliphatic heterocycles. The van der Waals surface area contributed by atoms with Crippen molar-refractivity contribution in [1.82, 2.24) is 0 Å². The minimum Gasteiger partial charge on any atom is -0.378 e. The first-order valence-corrected chi connectivity index (χ1v) is 10.4. The molecule has 1 N–H and O–H groups in total. The fourth-order valence-corrected chi connectivity index (χ4v) is 5.26. The Hall–Kier alpha value is -1.47. The van der Waals surface area contributed by atoms with E-state index in [1.165, 1.54) is 0 Å². The number of hydrogen-bond donors (Lipinski definition) is 1. The summed E-state index contributed by atoms with van der Waals surface area (Å²) in [5, 5.41) is 0.553. The maximum Gasteiger partial charge on any atom is 0.263 e. The molecule has 0 unspecified atom stereocenters. The molecule has 1 fully saturated rings. The van der Waals surface area contributed by atoms with Crippen molar-refractivity contribution in [2.75, 3.05) is 35.9 Å². The largest absolute Gasteiger partial charge is 0.378 e. The molecule has 0 bridgehead atoms. The predicted octanol–water partition coefficient (Wildman–Crippen LogP) is 4.25. The fraction of sp³-hybridized carbons (Fsp3) is 0.333. The van der Waals surface area contributed by atoms with Crippen LogP contribution in [0.25, 0.3) is 0 Å². The summed E-state index contributed by atoms with van der Waals surface area (Å²) in [6.07, 6.45) is 0. The zero-order valence-electron chi connectivity index (χ0n) is 14.6. The van der Waals surface area contributed by atoms with Gasteiger partial charge in [-0.1, -0.05) is 35.3 Å². The van der Waals surface area contributed by atoms with Crippen LogP contribution in [0.3, 0.4) is 0 Å². The molecule has 1 aliphatic rings. The van der Waals surface area contributed by atoms with Crippen LogP contribution in [0.2, 0.25) is 10.0 Å². The second kappa shape index (κ2) is 7.64. The Morgan fingerprint density at radius 2 is 1.77 bits per heavy atom.